The van der Waals surface area contributed by atoms with E-state index in [4.69, 9.17) is 4.52 Å². The summed E-state index contributed by atoms with van der Waals surface area (Å²) in [5.41, 5.74) is 0.945. The van der Waals surface area contributed by atoms with Gasteiger partial charge in [0.15, 0.2) is 5.82 Å². The first-order valence-corrected chi connectivity index (χ1v) is 10.0. The topological polar surface area (TPSA) is 105 Å². The fourth-order valence-corrected chi connectivity index (χ4v) is 3.80. The van der Waals surface area contributed by atoms with Gasteiger partial charge in [-0.05, 0) is 37.3 Å². The van der Waals surface area contributed by atoms with Crippen LogP contribution in [0.2, 0.25) is 0 Å². The Kier molecular flexibility index (Phi) is 5.74. The van der Waals surface area contributed by atoms with E-state index in [1.54, 1.807) is 43.3 Å². The molecule has 3 aromatic rings. The number of benzene rings is 2. The summed E-state index contributed by atoms with van der Waals surface area (Å²) in [5.74, 6) is 0.617. The van der Waals surface area contributed by atoms with Crippen LogP contribution in [0.25, 0.3) is 0 Å². The van der Waals surface area contributed by atoms with E-state index in [9.17, 15) is 13.2 Å². The summed E-state index contributed by atoms with van der Waals surface area (Å²) < 4.78 is 31.9. The molecular formula is C19H20N4O4S. The number of hydrogen-bond donors (Lipinski definition) is 1. The fraction of sp³-hybridized carbons (Fsp3) is 0.211. The lowest BCUT2D eigenvalue weighted by atomic mass is 10.2. The molecule has 1 heterocycles. The van der Waals surface area contributed by atoms with Crippen molar-refractivity contribution >= 4 is 27.3 Å². The van der Waals surface area contributed by atoms with E-state index >= 15 is 0 Å². The van der Waals surface area contributed by atoms with Crippen molar-refractivity contribution in [3.05, 3.63) is 66.3 Å². The number of hydrogen-bond acceptors (Lipinski definition) is 6. The number of carbonyl (C=O) groups excluding carboxylic acids is 1. The number of anilines is 2. The molecule has 1 amide bonds. The molecule has 0 unspecified atom stereocenters. The normalized spacial score (nSPS) is 11.2. The van der Waals surface area contributed by atoms with Gasteiger partial charge in [-0.2, -0.15) is 4.98 Å². The van der Waals surface area contributed by atoms with Crippen LogP contribution < -0.4 is 9.62 Å². The van der Waals surface area contributed by atoms with Crippen LogP contribution >= 0.6 is 0 Å². The molecule has 0 bridgehead atoms. The molecule has 0 spiro atoms. The fourth-order valence-electron chi connectivity index (χ4n) is 2.55. The Bertz CT molecular complexity index is 1060. The molecular weight excluding hydrogens is 380 g/mol. The predicted molar refractivity (Wildman–Crippen MR) is 104 cm³/mol. The van der Waals surface area contributed by atoms with Crippen molar-refractivity contribution < 1.29 is 17.7 Å². The maximum atomic E-state index is 12.9. The van der Waals surface area contributed by atoms with Gasteiger partial charge in [-0.1, -0.05) is 29.4 Å². The third kappa shape index (κ3) is 4.55. The summed E-state index contributed by atoms with van der Waals surface area (Å²) >= 11 is 0. The first-order chi connectivity index (χ1) is 13.4. The predicted octanol–water partition coefficient (Wildman–Crippen LogP) is 2.77. The zero-order valence-electron chi connectivity index (χ0n) is 15.5. The Hall–Kier alpha value is -3.20. The van der Waals surface area contributed by atoms with E-state index in [1.807, 2.05) is 6.07 Å². The molecule has 0 saturated heterocycles. The average molecular weight is 400 g/mol. The Morgan fingerprint density at radius 2 is 1.89 bits per heavy atom. The number of amides is 1. The minimum atomic E-state index is -3.75. The first kappa shape index (κ1) is 19.6. The van der Waals surface area contributed by atoms with Gasteiger partial charge in [0.05, 0.1) is 10.6 Å². The smallest absolute Gasteiger partial charge is 0.264 e. The summed E-state index contributed by atoms with van der Waals surface area (Å²) in [6.45, 7) is 1.70. The summed E-state index contributed by atoms with van der Waals surface area (Å²) in [5, 5.41) is 6.37. The third-order valence-corrected chi connectivity index (χ3v) is 5.81. The van der Waals surface area contributed by atoms with Crippen molar-refractivity contribution in [1.29, 1.82) is 0 Å². The number of rotatable bonds is 7. The van der Waals surface area contributed by atoms with E-state index in [-0.39, 0.29) is 17.2 Å². The minimum Gasteiger partial charge on any atom is -0.339 e. The second kappa shape index (κ2) is 8.22. The largest absolute Gasteiger partial charge is 0.339 e. The highest BCUT2D eigenvalue weighted by molar-refractivity contribution is 7.92. The molecule has 0 aliphatic heterocycles. The van der Waals surface area contributed by atoms with Gasteiger partial charge in [-0.25, -0.2) is 8.42 Å². The molecule has 0 saturated carbocycles. The van der Waals surface area contributed by atoms with Crippen LogP contribution in [0, 0.1) is 6.92 Å². The number of aromatic nitrogens is 2. The molecule has 2 aromatic carbocycles. The first-order valence-electron chi connectivity index (χ1n) is 8.59. The zero-order valence-corrected chi connectivity index (χ0v) is 16.3. The highest BCUT2D eigenvalue weighted by Gasteiger charge is 2.21. The molecule has 1 aromatic heterocycles. The van der Waals surface area contributed by atoms with Gasteiger partial charge in [0.2, 0.25) is 11.8 Å². The lowest BCUT2D eigenvalue weighted by Gasteiger charge is -2.19. The van der Waals surface area contributed by atoms with E-state index in [0.29, 0.717) is 29.5 Å². The van der Waals surface area contributed by atoms with Crippen LogP contribution in [-0.2, 0) is 21.2 Å². The number of sulfonamides is 1. The Morgan fingerprint density at radius 3 is 2.57 bits per heavy atom. The van der Waals surface area contributed by atoms with Gasteiger partial charge in [-0.3, -0.25) is 9.10 Å². The summed E-state index contributed by atoms with van der Waals surface area (Å²) in [4.78, 5) is 16.3. The van der Waals surface area contributed by atoms with Crippen molar-refractivity contribution in [2.45, 2.75) is 24.7 Å². The second-order valence-electron chi connectivity index (χ2n) is 6.12. The molecule has 8 nitrogen and oxygen atoms in total. The van der Waals surface area contributed by atoms with Crippen LogP contribution in [0.5, 0.6) is 0 Å². The summed E-state index contributed by atoms with van der Waals surface area (Å²) in [7, 11) is -2.27. The SMILES string of the molecule is Cc1noc(CCC(=O)Nc2cccc(S(=O)(=O)N(C)c3ccccc3)c2)n1. The number of nitrogens with zero attached hydrogens (tertiary/aromatic N) is 3. The van der Waals surface area contributed by atoms with Crippen LogP contribution in [0.3, 0.4) is 0 Å². The third-order valence-electron chi connectivity index (χ3n) is 4.03. The van der Waals surface area contributed by atoms with Crippen molar-refractivity contribution in [2.75, 3.05) is 16.7 Å². The second-order valence-corrected chi connectivity index (χ2v) is 8.09. The molecule has 146 valence electrons. The number of nitrogens with one attached hydrogen (secondary N) is 1. The maximum absolute atomic E-state index is 12.9. The lowest BCUT2D eigenvalue weighted by Crippen LogP contribution is -2.26. The number of carbonyl (C=O) groups is 1. The molecule has 0 aliphatic carbocycles. The van der Waals surface area contributed by atoms with E-state index in [2.05, 4.69) is 15.5 Å². The van der Waals surface area contributed by atoms with Crippen LogP contribution in [0.15, 0.2) is 64.0 Å². The van der Waals surface area contributed by atoms with Crippen LogP contribution in [0.4, 0.5) is 11.4 Å². The molecule has 1 N–H and O–H groups in total. The van der Waals surface area contributed by atoms with E-state index < -0.39 is 10.0 Å². The van der Waals surface area contributed by atoms with Crippen molar-refractivity contribution in [3.63, 3.8) is 0 Å². The minimum absolute atomic E-state index is 0.0872. The molecule has 0 aliphatic rings. The quantitative estimate of drug-likeness (QED) is 0.654. The molecule has 9 heteroatoms. The Labute approximate surface area is 163 Å². The zero-order chi connectivity index (χ0) is 20.1. The molecule has 0 radical (unpaired) electrons. The number of para-hydroxylation sites is 1. The van der Waals surface area contributed by atoms with Gasteiger partial charge < -0.3 is 9.84 Å². The van der Waals surface area contributed by atoms with Crippen molar-refractivity contribution in [3.8, 4) is 0 Å². The standard InChI is InChI=1S/C19H20N4O4S/c1-14-20-19(27-22-14)12-11-18(24)21-15-7-6-10-17(13-15)28(25,26)23(2)16-8-4-3-5-9-16/h3-10,13H,11-12H2,1-2H3,(H,21,24). The Balaban J connectivity index is 1.70. The van der Waals surface area contributed by atoms with Gasteiger partial charge in [0, 0.05) is 25.6 Å². The molecule has 0 atom stereocenters. The highest BCUT2D eigenvalue weighted by Crippen LogP contribution is 2.23. The van der Waals surface area contributed by atoms with Crippen molar-refractivity contribution in [2.24, 2.45) is 0 Å². The maximum Gasteiger partial charge on any atom is 0.264 e. The summed E-state index contributed by atoms with van der Waals surface area (Å²) in [6.07, 6.45) is 0.448. The van der Waals surface area contributed by atoms with Gasteiger partial charge in [0.25, 0.3) is 10.0 Å². The highest BCUT2D eigenvalue weighted by atomic mass is 32.2. The van der Waals surface area contributed by atoms with Crippen LogP contribution in [-0.4, -0.2) is 31.5 Å². The van der Waals surface area contributed by atoms with Gasteiger partial charge >= 0.3 is 0 Å². The number of aryl methyl sites for hydroxylation is 2. The average Bonchev–Trinajstić information content (AvgIpc) is 3.12. The molecule has 28 heavy (non-hydrogen) atoms. The van der Waals surface area contributed by atoms with Crippen molar-refractivity contribution in [1.82, 2.24) is 10.1 Å². The van der Waals surface area contributed by atoms with Crippen LogP contribution in [0.1, 0.15) is 18.1 Å². The molecule has 0 fully saturated rings. The molecule has 3 rings (SSSR count). The monoisotopic (exact) mass is 400 g/mol. The summed E-state index contributed by atoms with van der Waals surface area (Å²) in [6, 6.07) is 14.9. The van der Waals surface area contributed by atoms with Gasteiger partial charge in [0.1, 0.15) is 0 Å². The van der Waals surface area contributed by atoms with Gasteiger partial charge in [-0.15, -0.1) is 0 Å². The van der Waals surface area contributed by atoms with E-state index in [0.717, 1.165) is 0 Å². The lowest BCUT2D eigenvalue weighted by molar-refractivity contribution is -0.116. The van der Waals surface area contributed by atoms with E-state index in [1.165, 1.54) is 23.5 Å². The Morgan fingerprint density at radius 1 is 1.14 bits per heavy atom.